The molecule has 1 aliphatic rings. The van der Waals surface area contributed by atoms with E-state index in [0.29, 0.717) is 0 Å². The molecular formula is C24H39N8O10PS. The zero-order valence-corrected chi connectivity index (χ0v) is 27.2. The van der Waals surface area contributed by atoms with Gasteiger partial charge in [0.2, 0.25) is 11.8 Å². The topological polar surface area (TPSA) is 234 Å². The Morgan fingerprint density at radius 2 is 1.93 bits per heavy atom. The molecule has 44 heavy (non-hydrogen) atoms. The van der Waals surface area contributed by atoms with E-state index in [9.17, 15) is 29.2 Å². The Labute approximate surface area is 257 Å². The Morgan fingerprint density at radius 3 is 2.50 bits per heavy atom. The molecule has 2 aromatic rings. The first-order valence-electron chi connectivity index (χ1n) is 13.5. The average Bonchev–Trinajstić information content (AvgIpc) is 3.45. The van der Waals surface area contributed by atoms with Crippen molar-refractivity contribution in [1.82, 2.24) is 34.4 Å². The van der Waals surface area contributed by atoms with Gasteiger partial charge >= 0.3 is 18.7 Å². The lowest BCUT2D eigenvalue weighted by Gasteiger charge is -2.32. The quantitative estimate of drug-likeness (QED) is 0.0822. The van der Waals surface area contributed by atoms with Crippen LogP contribution in [0.25, 0.3) is 11.2 Å². The molecule has 0 aliphatic carbocycles. The van der Waals surface area contributed by atoms with E-state index in [1.807, 2.05) is 0 Å². The molecule has 2 aromatic heterocycles. The molecule has 1 saturated heterocycles. The lowest BCUT2D eigenvalue weighted by atomic mass is 10.1. The monoisotopic (exact) mass is 662 g/mol. The first-order valence-corrected chi connectivity index (χ1v) is 16.7. The number of rotatable bonds is 16. The fourth-order valence-corrected chi connectivity index (χ4v) is 8.10. The number of aromatic nitrogens is 4. The number of ether oxygens (including phenoxy) is 3. The molecule has 0 saturated carbocycles. The first-order chi connectivity index (χ1) is 20.5. The number of hydrogen-bond acceptors (Lipinski definition) is 15. The second-order valence-electron chi connectivity index (χ2n) is 10.4. The number of hydrogen-bond donors (Lipinski definition) is 4. The zero-order chi connectivity index (χ0) is 33.0. The molecule has 3 rings (SSSR count). The number of amides is 3. The van der Waals surface area contributed by atoms with Gasteiger partial charge in [-0.05, 0) is 27.7 Å². The van der Waals surface area contributed by atoms with Crippen molar-refractivity contribution in [3.05, 3.63) is 6.33 Å². The van der Waals surface area contributed by atoms with Gasteiger partial charge < -0.3 is 39.6 Å². The highest BCUT2D eigenvalue weighted by Gasteiger charge is 2.43. The number of imidazole rings is 1. The summed E-state index contributed by atoms with van der Waals surface area (Å²) in [6.07, 6.45) is -0.406. The van der Waals surface area contributed by atoms with Gasteiger partial charge in [0.1, 0.15) is 17.7 Å². The molecule has 0 spiro atoms. The second-order valence-corrected chi connectivity index (χ2v) is 14.7. The van der Waals surface area contributed by atoms with Gasteiger partial charge in [-0.3, -0.25) is 23.6 Å². The van der Waals surface area contributed by atoms with E-state index in [4.69, 9.17) is 24.5 Å². The molecule has 246 valence electrons. The van der Waals surface area contributed by atoms with E-state index in [0.717, 1.165) is 16.3 Å². The van der Waals surface area contributed by atoms with Crippen LogP contribution in [0.15, 0.2) is 6.33 Å². The molecule has 1 aliphatic heterocycles. The van der Waals surface area contributed by atoms with Crippen LogP contribution in [0.3, 0.4) is 0 Å². The molecule has 0 aromatic carbocycles. The molecular weight excluding hydrogens is 623 g/mol. The van der Waals surface area contributed by atoms with Gasteiger partial charge in [-0.2, -0.15) is 9.97 Å². The maximum absolute atomic E-state index is 13.9. The minimum Gasteiger partial charge on any atom is -0.479 e. The largest absolute Gasteiger partial charge is 0.479 e. The molecule has 5 atom stereocenters. The number of aliphatic hydroxyl groups is 2. The number of methoxy groups -OCH3 is 1. The molecule has 0 bridgehead atoms. The van der Waals surface area contributed by atoms with Crippen molar-refractivity contribution >= 4 is 53.1 Å². The number of anilines is 1. The van der Waals surface area contributed by atoms with Crippen LogP contribution >= 0.6 is 18.1 Å². The van der Waals surface area contributed by atoms with E-state index in [1.54, 1.807) is 13.8 Å². The summed E-state index contributed by atoms with van der Waals surface area (Å²) in [5, 5.41) is 23.5. The van der Waals surface area contributed by atoms with Crippen LogP contribution in [0, 0.1) is 0 Å². The number of aliphatic hydroxyl groups excluding tert-OH is 1. The Balaban J connectivity index is 1.79. The minimum atomic E-state index is -3.95. The second kappa shape index (κ2) is 14.4. The number of nitrogens with one attached hydrogen (secondary N) is 1. The van der Waals surface area contributed by atoms with Crippen LogP contribution in [-0.4, -0.2) is 128 Å². The summed E-state index contributed by atoms with van der Waals surface area (Å²) in [6.45, 7) is 0.818. The number of nitrogens with zero attached hydrogens (tertiary/aromatic N) is 6. The van der Waals surface area contributed by atoms with E-state index in [2.05, 4.69) is 20.0 Å². The summed E-state index contributed by atoms with van der Waals surface area (Å²) in [4.78, 5) is 51.7. The Hall–Kier alpha value is -3.06. The van der Waals surface area contributed by atoms with E-state index in [-0.39, 0.29) is 42.0 Å². The van der Waals surface area contributed by atoms with Crippen molar-refractivity contribution in [2.24, 2.45) is 0 Å². The molecule has 1 fully saturated rings. The zero-order valence-electron chi connectivity index (χ0n) is 25.5. The number of imide groups is 1. The van der Waals surface area contributed by atoms with Crippen molar-refractivity contribution in [3.63, 3.8) is 0 Å². The molecule has 0 radical (unpaired) electrons. The maximum atomic E-state index is 13.9. The van der Waals surface area contributed by atoms with Crippen molar-refractivity contribution in [3.8, 4) is 5.88 Å². The Morgan fingerprint density at radius 1 is 1.25 bits per heavy atom. The fourth-order valence-electron chi connectivity index (χ4n) is 4.12. The smallest absolute Gasteiger partial charge is 0.327 e. The number of nitrogens with two attached hydrogens (primary N) is 1. The Bertz CT molecular complexity index is 1410. The number of nitrogen functional groups attached to an aromatic ring is 1. The molecule has 18 nitrogen and oxygen atoms in total. The van der Waals surface area contributed by atoms with Gasteiger partial charge in [-0.25, -0.2) is 14.9 Å². The standard InChI is InChI=1S/C24H39N8O10PS/c1-13(2)42-20(35)14(3)29-43(38,44-10-15-19(34)31(6)23(36)30(15)5)41-9-8-40-21(24(4,37)11-33)32-12-26-16-17(32)27-22(25)28-18(16)39-7/h12-15,21,33,37H,8-11H2,1-7H3,(H,29,38)(H2,25,27,28)/t14-,15-,21-,24-,43-/m1/s1. The highest BCUT2D eigenvalue weighted by molar-refractivity contribution is 8.56. The third kappa shape index (κ3) is 7.96. The van der Waals surface area contributed by atoms with Crippen LogP contribution in [0.2, 0.25) is 0 Å². The predicted octanol–water partition coefficient (Wildman–Crippen LogP) is 0.356. The summed E-state index contributed by atoms with van der Waals surface area (Å²) in [6, 6.07) is -2.47. The van der Waals surface area contributed by atoms with Gasteiger partial charge in [-0.1, -0.05) is 11.4 Å². The number of carbonyl (C=O) groups is 3. The third-order valence-corrected chi connectivity index (χ3v) is 10.6. The summed E-state index contributed by atoms with van der Waals surface area (Å²) >= 11 is 0.740. The highest BCUT2D eigenvalue weighted by Crippen LogP contribution is 2.57. The first kappa shape index (κ1) is 35.4. The highest BCUT2D eigenvalue weighted by atomic mass is 32.7. The molecule has 5 N–H and O–H groups in total. The molecule has 3 heterocycles. The van der Waals surface area contributed by atoms with Crippen LogP contribution in [0.1, 0.15) is 33.9 Å². The molecule has 0 unspecified atom stereocenters. The number of fused-ring (bicyclic) bond motifs is 1. The van der Waals surface area contributed by atoms with Crippen LogP contribution in [-0.2, 0) is 28.2 Å². The number of carbonyl (C=O) groups excluding carboxylic acids is 3. The van der Waals surface area contributed by atoms with E-state index >= 15 is 0 Å². The van der Waals surface area contributed by atoms with Crippen molar-refractivity contribution in [2.75, 3.05) is 52.5 Å². The van der Waals surface area contributed by atoms with Gasteiger partial charge in [0.25, 0.3) is 5.91 Å². The van der Waals surface area contributed by atoms with Crippen LogP contribution in [0.5, 0.6) is 5.88 Å². The third-order valence-electron chi connectivity index (χ3n) is 6.46. The van der Waals surface area contributed by atoms with Gasteiger partial charge in [0.05, 0.1) is 39.4 Å². The summed E-state index contributed by atoms with van der Waals surface area (Å²) in [5.74, 6) is -1.29. The van der Waals surface area contributed by atoms with E-state index in [1.165, 1.54) is 50.8 Å². The van der Waals surface area contributed by atoms with E-state index < -0.39 is 61.3 Å². The van der Waals surface area contributed by atoms with Crippen molar-refractivity contribution < 1.29 is 47.9 Å². The summed E-state index contributed by atoms with van der Waals surface area (Å²) in [7, 11) is 4.17. The van der Waals surface area contributed by atoms with Gasteiger partial charge in [0, 0.05) is 19.8 Å². The SMILES string of the molecule is COc1nc(N)nc2c1ncn2[C@H](OCCO[P@](=O)(N[C@H](C)C(=O)OC(C)C)SC[C@@H]1C(=O)N(C)C(=O)N1C)[C@](C)(O)CO. The van der Waals surface area contributed by atoms with Crippen molar-refractivity contribution in [2.45, 2.75) is 57.7 Å². The maximum Gasteiger partial charge on any atom is 0.327 e. The summed E-state index contributed by atoms with van der Waals surface area (Å²) in [5.41, 5.74) is 4.31. The lowest BCUT2D eigenvalue weighted by Crippen LogP contribution is -2.42. The number of urea groups is 1. The van der Waals surface area contributed by atoms with Gasteiger partial charge in [0.15, 0.2) is 17.4 Å². The Kier molecular flexibility index (Phi) is 11.6. The molecule has 20 heteroatoms. The van der Waals surface area contributed by atoms with Crippen molar-refractivity contribution in [1.29, 1.82) is 0 Å². The normalized spacial score (nSPS) is 19.7. The predicted molar refractivity (Wildman–Crippen MR) is 159 cm³/mol. The minimum absolute atomic E-state index is 0.0883. The fraction of sp³-hybridized carbons (Fsp3) is 0.667. The van der Waals surface area contributed by atoms with Gasteiger partial charge in [-0.15, -0.1) is 0 Å². The molecule has 3 amide bonds. The van der Waals surface area contributed by atoms with Crippen LogP contribution < -0.4 is 15.6 Å². The van der Waals surface area contributed by atoms with Crippen LogP contribution in [0.4, 0.5) is 10.7 Å². The summed E-state index contributed by atoms with van der Waals surface area (Å²) < 4.78 is 37.3. The number of likely N-dealkylation sites (N-methyl/N-ethyl adjacent to an activating group) is 2. The lowest BCUT2D eigenvalue weighted by molar-refractivity contribution is -0.158. The number of esters is 1. The average molecular weight is 663 g/mol.